The highest BCUT2D eigenvalue weighted by molar-refractivity contribution is 9.10. The van der Waals surface area contributed by atoms with Crippen molar-refractivity contribution in [1.29, 1.82) is 0 Å². The van der Waals surface area contributed by atoms with Crippen molar-refractivity contribution >= 4 is 27.5 Å². The summed E-state index contributed by atoms with van der Waals surface area (Å²) in [6.45, 7) is 2.23. The second-order valence-corrected chi connectivity index (χ2v) is 5.09. The minimum atomic E-state index is -4.56. The van der Waals surface area contributed by atoms with Gasteiger partial charge in [0.25, 0.3) is 5.91 Å². The molecule has 1 aromatic carbocycles. The fourth-order valence-corrected chi connectivity index (χ4v) is 2.18. The number of nitrogens with one attached hydrogen (secondary N) is 1. The second-order valence-electron chi connectivity index (χ2n) is 4.17. The average molecular weight is 362 g/mol. The normalized spacial score (nSPS) is 11.5. The topological polar surface area (TPSA) is 46.9 Å². The van der Waals surface area contributed by atoms with Gasteiger partial charge in [0.1, 0.15) is 5.69 Å². The molecule has 1 amide bonds. The summed E-state index contributed by atoms with van der Waals surface area (Å²) in [5.74, 6) is -0.637. The number of carbonyl (C=O) groups is 1. The standard InChI is InChI=1S/C13H11BrF3N3O/c1-2-20-11(5-6-18-20)12(21)19-10-4-3-8(14)7-9(10)13(15,16)17/h3-7H,2H2,1H3,(H,19,21). The van der Waals surface area contributed by atoms with Crippen molar-refractivity contribution < 1.29 is 18.0 Å². The van der Waals surface area contributed by atoms with Gasteiger partial charge in [0.15, 0.2) is 0 Å². The van der Waals surface area contributed by atoms with E-state index >= 15 is 0 Å². The number of anilines is 1. The van der Waals surface area contributed by atoms with E-state index in [2.05, 4.69) is 26.3 Å². The van der Waals surface area contributed by atoms with Gasteiger partial charge >= 0.3 is 6.18 Å². The van der Waals surface area contributed by atoms with Gasteiger partial charge in [0.2, 0.25) is 0 Å². The van der Waals surface area contributed by atoms with Crippen LogP contribution < -0.4 is 5.32 Å². The van der Waals surface area contributed by atoms with Crippen LogP contribution in [0.3, 0.4) is 0 Å². The highest BCUT2D eigenvalue weighted by Gasteiger charge is 2.34. The first-order chi connectivity index (χ1) is 9.82. The summed E-state index contributed by atoms with van der Waals surface area (Å²) in [7, 11) is 0. The summed E-state index contributed by atoms with van der Waals surface area (Å²) in [4.78, 5) is 12.1. The number of amides is 1. The second kappa shape index (κ2) is 5.88. The minimum absolute atomic E-state index is 0.202. The fourth-order valence-electron chi connectivity index (χ4n) is 1.82. The molecule has 0 saturated heterocycles. The predicted molar refractivity (Wildman–Crippen MR) is 75.0 cm³/mol. The van der Waals surface area contributed by atoms with Crippen molar-refractivity contribution in [3.63, 3.8) is 0 Å². The third kappa shape index (κ3) is 3.44. The molecule has 0 bridgehead atoms. The molecule has 1 aromatic heterocycles. The maximum atomic E-state index is 13.0. The first kappa shape index (κ1) is 15.6. The number of hydrogen-bond donors (Lipinski definition) is 1. The van der Waals surface area contributed by atoms with Gasteiger partial charge < -0.3 is 5.32 Å². The molecule has 0 aliphatic rings. The lowest BCUT2D eigenvalue weighted by atomic mass is 10.1. The Labute approximate surface area is 127 Å². The maximum absolute atomic E-state index is 13.0. The molecule has 1 N–H and O–H groups in total. The average Bonchev–Trinajstić information content (AvgIpc) is 2.88. The van der Waals surface area contributed by atoms with Crippen molar-refractivity contribution in [2.75, 3.05) is 5.32 Å². The van der Waals surface area contributed by atoms with Gasteiger partial charge in [-0.2, -0.15) is 18.3 Å². The Morgan fingerprint density at radius 3 is 2.71 bits per heavy atom. The highest BCUT2D eigenvalue weighted by atomic mass is 79.9. The monoisotopic (exact) mass is 361 g/mol. The molecule has 0 saturated carbocycles. The third-order valence-corrected chi connectivity index (χ3v) is 3.28. The molecule has 0 aliphatic carbocycles. The van der Waals surface area contributed by atoms with Crippen LogP contribution in [0.15, 0.2) is 34.9 Å². The highest BCUT2D eigenvalue weighted by Crippen LogP contribution is 2.36. The van der Waals surface area contributed by atoms with E-state index in [4.69, 9.17) is 0 Å². The number of carbonyl (C=O) groups excluding carboxylic acids is 1. The molecule has 8 heteroatoms. The zero-order chi connectivity index (χ0) is 15.6. The van der Waals surface area contributed by atoms with Crippen LogP contribution in [0, 0.1) is 0 Å². The summed E-state index contributed by atoms with van der Waals surface area (Å²) in [6.07, 6.45) is -3.14. The van der Waals surface area contributed by atoms with E-state index in [9.17, 15) is 18.0 Å². The van der Waals surface area contributed by atoms with Crippen LogP contribution in [-0.2, 0) is 12.7 Å². The molecule has 0 aliphatic heterocycles. The molecule has 21 heavy (non-hydrogen) atoms. The van der Waals surface area contributed by atoms with E-state index in [0.717, 1.165) is 6.07 Å². The quantitative estimate of drug-likeness (QED) is 0.899. The van der Waals surface area contributed by atoms with Crippen LogP contribution in [0.25, 0.3) is 0 Å². The van der Waals surface area contributed by atoms with Crippen molar-refractivity contribution in [3.8, 4) is 0 Å². The molecule has 1 heterocycles. The van der Waals surface area contributed by atoms with Gasteiger partial charge in [0, 0.05) is 17.2 Å². The zero-order valence-electron chi connectivity index (χ0n) is 10.9. The number of halogens is 4. The van der Waals surface area contributed by atoms with Gasteiger partial charge in [0.05, 0.1) is 11.3 Å². The molecule has 2 aromatic rings. The van der Waals surface area contributed by atoms with E-state index in [-0.39, 0.29) is 15.9 Å². The first-order valence-corrected chi connectivity index (χ1v) is 6.82. The summed E-state index contributed by atoms with van der Waals surface area (Å²) in [6, 6.07) is 5.01. The van der Waals surface area contributed by atoms with Crippen LogP contribution >= 0.6 is 15.9 Å². The van der Waals surface area contributed by atoms with E-state index in [1.165, 1.54) is 29.1 Å². The van der Waals surface area contributed by atoms with Gasteiger partial charge in [-0.3, -0.25) is 9.48 Å². The Balaban J connectivity index is 2.34. The number of nitrogens with zero attached hydrogens (tertiary/aromatic N) is 2. The van der Waals surface area contributed by atoms with Gasteiger partial charge in [-0.05, 0) is 31.2 Å². The number of aryl methyl sites for hydroxylation is 1. The van der Waals surface area contributed by atoms with E-state index in [1.807, 2.05) is 0 Å². The molecule has 0 fully saturated rings. The van der Waals surface area contributed by atoms with E-state index in [0.29, 0.717) is 6.54 Å². The smallest absolute Gasteiger partial charge is 0.320 e. The number of benzene rings is 1. The minimum Gasteiger partial charge on any atom is -0.320 e. The van der Waals surface area contributed by atoms with Crippen molar-refractivity contribution in [3.05, 3.63) is 46.2 Å². The Morgan fingerprint density at radius 1 is 1.38 bits per heavy atom. The predicted octanol–water partition coefficient (Wildman–Crippen LogP) is 3.94. The van der Waals surface area contributed by atoms with Crippen molar-refractivity contribution in [2.24, 2.45) is 0 Å². The molecular weight excluding hydrogens is 351 g/mol. The number of rotatable bonds is 3. The fraction of sp³-hybridized carbons (Fsp3) is 0.231. The number of alkyl halides is 3. The Morgan fingerprint density at radius 2 is 2.10 bits per heavy atom. The Hall–Kier alpha value is -1.83. The summed E-state index contributed by atoms with van der Waals surface area (Å²) in [5.41, 5.74) is -0.999. The molecule has 0 spiro atoms. The summed E-state index contributed by atoms with van der Waals surface area (Å²) < 4.78 is 40.6. The molecule has 0 atom stereocenters. The molecular formula is C13H11BrF3N3O. The lowest BCUT2D eigenvalue weighted by Gasteiger charge is -2.14. The van der Waals surface area contributed by atoms with Gasteiger partial charge in [-0.1, -0.05) is 15.9 Å². The van der Waals surface area contributed by atoms with Crippen LogP contribution in [0.1, 0.15) is 23.0 Å². The molecule has 2 rings (SSSR count). The van der Waals surface area contributed by atoms with Crippen LogP contribution in [0.4, 0.5) is 18.9 Å². The van der Waals surface area contributed by atoms with Crippen LogP contribution in [0.5, 0.6) is 0 Å². The van der Waals surface area contributed by atoms with Crippen LogP contribution in [-0.4, -0.2) is 15.7 Å². The SMILES string of the molecule is CCn1nccc1C(=O)Nc1ccc(Br)cc1C(F)(F)F. The Kier molecular flexibility index (Phi) is 4.36. The number of hydrogen-bond acceptors (Lipinski definition) is 2. The summed E-state index contributed by atoms with van der Waals surface area (Å²) >= 11 is 2.99. The first-order valence-electron chi connectivity index (χ1n) is 6.03. The molecule has 112 valence electrons. The lowest BCUT2D eigenvalue weighted by Crippen LogP contribution is -2.20. The van der Waals surface area contributed by atoms with E-state index < -0.39 is 17.6 Å². The van der Waals surface area contributed by atoms with Crippen LogP contribution in [0.2, 0.25) is 0 Å². The largest absolute Gasteiger partial charge is 0.418 e. The number of aromatic nitrogens is 2. The lowest BCUT2D eigenvalue weighted by molar-refractivity contribution is -0.136. The van der Waals surface area contributed by atoms with Crippen molar-refractivity contribution in [1.82, 2.24) is 9.78 Å². The maximum Gasteiger partial charge on any atom is 0.418 e. The molecule has 0 unspecified atom stereocenters. The molecule has 4 nitrogen and oxygen atoms in total. The molecule has 0 radical (unpaired) electrons. The summed E-state index contributed by atoms with van der Waals surface area (Å²) in [5, 5.41) is 6.19. The third-order valence-electron chi connectivity index (χ3n) is 2.78. The van der Waals surface area contributed by atoms with Gasteiger partial charge in [-0.25, -0.2) is 0 Å². The van der Waals surface area contributed by atoms with Gasteiger partial charge in [-0.15, -0.1) is 0 Å². The van der Waals surface area contributed by atoms with Crippen molar-refractivity contribution in [2.45, 2.75) is 19.6 Å². The zero-order valence-corrected chi connectivity index (χ0v) is 12.5. The Bertz CT molecular complexity index is 667. The van der Waals surface area contributed by atoms with E-state index in [1.54, 1.807) is 6.92 Å².